The SMILES string of the molecule is COc1cccc(C(O)C2(OC)CCCCC2)c1F. The quantitative estimate of drug-likeness (QED) is 0.911. The average Bonchev–Trinajstić information content (AvgIpc) is 2.47. The fraction of sp³-hybridized carbons (Fsp3) is 0.600. The van der Waals surface area contributed by atoms with Gasteiger partial charge in [-0.2, -0.15) is 0 Å². The molecule has 0 amide bonds. The van der Waals surface area contributed by atoms with E-state index in [1.807, 2.05) is 0 Å². The number of hydrogen-bond acceptors (Lipinski definition) is 3. The number of aliphatic hydroxyl groups is 1. The molecule has 1 aliphatic rings. The summed E-state index contributed by atoms with van der Waals surface area (Å²) in [5.41, 5.74) is -0.422. The summed E-state index contributed by atoms with van der Waals surface area (Å²) in [5, 5.41) is 10.6. The number of halogens is 1. The van der Waals surface area contributed by atoms with E-state index in [0.29, 0.717) is 0 Å². The van der Waals surface area contributed by atoms with Gasteiger partial charge in [-0.15, -0.1) is 0 Å². The maximum atomic E-state index is 14.2. The molecule has 1 saturated carbocycles. The minimum Gasteiger partial charge on any atom is -0.494 e. The standard InChI is InChI=1S/C15H21FO3/c1-18-12-8-6-7-11(13(12)16)14(17)15(19-2)9-4-3-5-10-15/h6-8,14,17H,3-5,9-10H2,1-2H3. The second-order valence-corrected chi connectivity index (χ2v) is 5.10. The highest BCUT2D eigenvalue weighted by Crippen LogP contribution is 2.42. The normalized spacial score (nSPS) is 20.0. The van der Waals surface area contributed by atoms with Crippen molar-refractivity contribution in [3.05, 3.63) is 29.6 Å². The van der Waals surface area contributed by atoms with Gasteiger partial charge in [0.05, 0.1) is 12.7 Å². The predicted molar refractivity (Wildman–Crippen MR) is 70.7 cm³/mol. The van der Waals surface area contributed by atoms with Gasteiger partial charge < -0.3 is 14.6 Å². The number of methoxy groups -OCH3 is 2. The van der Waals surface area contributed by atoms with Crippen LogP contribution in [0.4, 0.5) is 4.39 Å². The molecule has 1 atom stereocenters. The van der Waals surface area contributed by atoms with Crippen LogP contribution in [0.2, 0.25) is 0 Å². The lowest BCUT2D eigenvalue weighted by atomic mass is 9.78. The van der Waals surface area contributed by atoms with Crippen molar-refractivity contribution >= 4 is 0 Å². The predicted octanol–water partition coefficient (Wildman–Crippen LogP) is 3.22. The molecule has 0 aromatic heterocycles. The monoisotopic (exact) mass is 268 g/mol. The minimum atomic E-state index is -0.965. The Balaban J connectivity index is 2.34. The number of hydrogen-bond donors (Lipinski definition) is 1. The summed E-state index contributed by atoms with van der Waals surface area (Å²) in [6.07, 6.45) is 3.67. The first-order valence-electron chi connectivity index (χ1n) is 6.70. The molecule has 106 valence electrons. The number of aliphatic hydroxyl groups excluding tert-OH is 1. The van der Waals surface area contributed by atoms with Crippen molar-refractivity contribution in [1.29, 1.82) is 0 Å². The van der Waals surface area contributed by atoms with E-state index in [-0.39, 0.29) is 11.3 Å². The van der Waals surface area contributed by atoms with E-state index in [1.54, 1.807) is 25.3 Å². The molecule has 1 fully saturated rings. The topological polar surface area (TPSA) is 38.7 Å². The zero-order valence-corrected chi connectivity index (χ0v) is 11.5. The highest BCUT2D eigenvalue weighted by molar-refractivity contribution is 5.33. The molecule has 1 aromatic rings. The molecule has 0 aliphatic heterocycles. The molecular weight excluding hydrogens is 247 g/mol. The Morgan fingerprint density at radius 1 is 1.21 bits per heavy atom. The third-order valence-corrected chi connectivity index (χ3v) is 4.11. The van der Waals surface area contributed by atoms with Gasteiger partial charge in [-0.3, -0.25) is 0 Å². The van der Waals surface area contributed by atoms with Crippen molar-refractivity contribution in [3.8, 4) is 5.75 Å². The molecular formula is C15H21FO3. The van der Waals surface area contributed by atoms with Crippen molar-refractivity contribution < 1.29 is 19.0 Å². The first-order chi connectivity index (χ1) is 9.14. The summed E-state index contributed by atoms with van der Waals surface area (Å²) in [6.45, 7) is 0. The molecule has 2 rings (SSSR count). The van der Waals surface area contributed by atoms with Crippen LogP contribution >= 0.6 is 0 Å². The summed E-state index contributed by atoms with van der Waals surface area (Å²) in [7, 11) is 3.01. The number of ether oxygens (including phenoxy) is 2. The summed E-state index contributed by atoms with van der Waals surface area (Å²) < 4.78 is 24.8. The molecule has 4 heteroatoms. The van der Waals surface area contributed by atoms with E-state index in [4.69, 9.17) is 9.47 Å². The van der Waals surface area contributed by atoms with Crippen LogP contribution < -0.4 is 4.74 Å². The van der Waals surface area contributed by atoms with E-state index in [9.17, 15) is 9.50 Å². The fourth-order valence-corrected chi connectivity index (χ4v) is 2.92. The Labute approximate surface area is 113 Å². The first-order valence-corrected chi connectivity index (χ1v) is 6.70. The second kappa shape index (κ2) is 5.88. The van der Waals surface area contributed by atoms with Crippen molar-refractivity contribution in [2.24, 2.45) is 0 Å². The molecule has 3 nitrogen and oxygen atoms in total. The largest absolute Gasteiger partial charge is 0.494 e. The number of benzene rings is 1. The van der Waals surface area contributed by atoms with Gasteiger partial charge in [-0.05, 0) is 18.9 Å². The van der Waals surface area contributed by atoms with Gasteiger partial charge >= 0.3 is 0 Å². The maximum absolute atomic E-state index is 14.2. The Hall–Kier alpha value is -1.13. The highest BCUT2D eigenvalue weighted by atomic mass is 19.1. The van der Waals surface area contributed by atoms with Gasteiger partial charge in [0.2, 0.25) is 0 Å². The van der Waals surface area contributed by atoms with Crippen LogP contribution in [0.25, 0.3) is 0 Å². The molecule has 1 unspecified atom stereocenters. The smallest absolute Gasteiger partial charge is 0.170 e. The number of rotatable bonds is 4. The van der Waals surface area contributed by atoms with E-state index in [2.05, 4.69) is 0 Å². The molecule has 0 radical (unpaired) electrons. The van der Waals surface area contributed by atoms with E-state index in [1.165, 1.54) is 7.11 Å². The van der Waals surface area contributed by atoms with E-state index in [0.717, 1.165) is 32.1 Å². The van der Waals surface area contributed by atoms with Gasteiger partial charge in [0.1, 0.15) is 6.10 Å². The van der Waals surface area contributed by atoms with Crippen LogP contribution in [0, 0.1) is 5.82 Å². The summed E-state index contributed by atoms with van der Waals surface area (Å²) in [4.78, 5) is 0. The van der Waals surface area contributed by atoms with E-state index >= 15 is 0 Å². The third kappa shape index (κ3) is 2.60. The molecule has 19 heavy (non-hydrogen) atoms. The van der Waals surface area contributed by atoms with Crippen molar-refractivity contribution in [1.82, 2.24) is 0 Å². The van der Waals surface area contributed by atoms with Crippen LogP contribution in [-0.2, 0) is 4.74 Å². The second-order valence-electron chi connectivity index (χ2n) is 5.10. The van der Waals surface area contributed by atoms with Gasteiger partial charge in [0, 0.05) is 12.7 Å². The van der Waals surface area contributed by atoms with Crippen LogP contribution in [0.1, 0.15) is 43.8 Å². The van der Waals surface area contributed by atoms with Crippen LogP contribution in [0.3, 0.4) is 0 Å². The van der Waals surface area contributed by atoms with Crippen LogP contribution in [0.15, 0.2) is 18.2 Å². The summed E-state index contributed by atoms with van der Waals surface area (Å²) in [6, 6.07) is 4.83. The Morgan fingerprint density at radius 2 is 1.89 bits per heavy atom. The third-order valence-electron chi connectivity index (χ3n) is 4.11. The van der Waals surface area contributed by atoms with Crippen molar-refractivity contribution in [3.63, 3.8) is 0 Å². The highest BCUT2D eigenvalue weighted by Gasteiger charge is 2.41. The Bertz CT molecular complexity index is 427. The zero-order valence-electron chi connectivity index (χ0n) is 11.5. The fourth-order valence-electron chi connectivity index (χ4n) is 2.92. The Morgan fingerprint density at radius 3 is 2.47 bits per heavy atom. The summed E-state index contributed by atoms with van der Waals surface area (Å²) >= 11 is 0. The van der Waals surface area contributed by atoms with Crippen LogP contribution in [-0.4, -0.2) is 24.9 Å². The molecule has 0 bridgehead atoms. The molecule has 0 saturated heterocycles. The average molecular weight is 268 g/mol. The van der Waals surface area contributed by atoms with Gasteiger partial charge in [0.25, 0.3) is 0 Å². The van der Waals surface area contributed by atoms with Gasteiger partial charge in [0.15, 0.2) is 11.6 Å². The lowest BCUT2D eigenvalue weighted by Crippen LogP contribution is -2.40. The molecule has 1 aliphatic carbocycles. The lowest BCUT2D eigenvalue weighted by molar-refractivity contribution is -0.126. The molecule has 0 heterocycles. The molecule has 1 N–H and O–H groups in total. The van der Waals surface area contributed by atoms with Crippen molar-refractivity contribution in [2.75, 3.05) is 14.2 Å². The van der Waals surface area contributed by atoms with E-state index < -0.39 is 17.5 Å². The van der Waals surface area contributed by atoms with Gasteiger partial charge in [-0.25, -0.2) is 4.39 Å². The lowest BCUT2D eigenvalue weighted by Gasteiger charge is -2.40. The van der Waals surface area contributed by atoms with Gasteiger partial charge in [-0.1, -0.05) is 31.4 Å². The van der Waals surface area contributed by atoms with Crippen molar-refractivity contribution in [2.45, 2.75) is 43.8 Å². The minimum absolute atomic E-state index is 0.151. The molecule has 0 spiro atoms. The first kappa shape index (κ1) is 14.3. The Kier molecular flexibility index (Phi) is 4.42. The summed E-state index contributed by atoms with van der Waals surface area (Å²) in [5.74, 6) is -0.349. The van der Waals surface area contributed by atoms with Crippen LogP contribution in [0.5, 0.6) is 5.75 Å². The maximum Gasteiger partial charge on any atom is 0.170 e. The molecule has 1 aromatic carbocycles. The zero-order chi connectivity index (χ0) is 13.9.